The van der Waals surface area contributed by atoms with E-state index >= 15 is 0 Å². The smallest absolute Gasteiger partial charge is 0.295 e. The Hall–Kier alpha value is -2.51. The Bertz CT molecular complexity index is 910. The minimum atomic E-state index is -0.737. The van der Waals surface area contributed by atoms with Gasteiger partial charge in [0.1, 0.15) is 11.8 Å². The number of ketones is 1. The third-order valence-electron chi connectivity index (χ3n) is 4.62. The molecule has 1 aromatic carbocycles. The quantitative estimate of drug-likeness (QED) is 0.292. The van der Waals surface area contributed by atoms with E-state index in [4.69, 9.17) is 4.74 Å². The summed E-state index contributed by atoms with van der Waals surface area (Å²) in [6, 6.07) is 11.5. The minimum absolute atomic E-state index is 0.0563. The molecule has 0 unspecified atom stereocenters. The van der Waals surface area contributed by atoms with Gasteiger partial charge in [-0.15, -0.1) is 0 Å². The summed E-state index contributed by atoms with van der Waals surface area (Å²) in [6.07, 6.45) is 2.28. The zero-order valence-corrected chi connectivity index (χ0v) is 17.9. The highest BCUT2D eigenvalue weighted by molar-refractivity contribution is 9.10. The lowest BCUT2D eigenvalue weighted by Crippen LogP contribution is -2.31. The second kappa shape index (κ2) is 9.33. The van der Waals surface area contributed by atoms with Gasteiger partial charge < -0.3 is 14.7 Å². The Labute approximate surface area is 178 Å². The molecule has 1 aliphatic heterocycles. The lowest BCUT2D eigenvalue weighted by Gasteiger charge is -2.24. The highest BCUT2D eigenvalue weighted by Gasteiger charge is 2.46. The Kier molecular flexibility index (Phi) is 6.82. The molecule has 2 aromatic rings. The molecule has 6 nitrogen and oxygen atoms in total. The summed E-state index contributed by atoms with van der Waals surface area (Å²) < 4.78 is 6.40. The molecule has 7 heteroatoms. The fourth-order valence-corrected chi connectivity index (χ4v) is 3.54. The maximum Gasteiger partial charge on any atom is 0.295 e. The zero-order chi connectivity index (χ0) is 21.0. The first kappa shape index (κ1) is 21.2. The molecule has 0 bridgehead atoms. The predicted molar refractivity (Wildman–Crippen MR) is 113 cm³/mol. The van der Waals surface area contributed by atoms with Gasteiger partial charge in [0.2, 0.25) is 0 Å². The van der Waals surface area contributed by atoms with Crippen molar-refractivity contribution in [3.8, 4) is 0 Å². The van der Waals surface area contributed by atoms with Gasteiger partial charge in [-0.2, -0.15) is 0 Å². The molecular formula is C22H23BrN2O4. The number of hydrogen-bond acceptors (Lipinski definition) is 5. The maximum atomic E-state index is 12.8. The van der Waals surface area contributed by atoms with Gasteiger partial charge in [-0.25, -0.2) is 0 Å². The van der Waals surface area contributed by atoms with Crippen molar-refractivity contribution in [2.75, 3.05) is 13.2 Å². The summed E-state index contributed by atoms with van der Waals surface area (Å²) in [5.74, 6) is -1.54. The first-order valence-corrected chi connectivity index (χ1v) is 10.3. The first-order valence-electron chi connectivity index (χ1n) is 9.47. The molecule has 1 aromatic heterocycles. The third-order valence-corrected chi connectivity index (χ3v) is 5.15. The average Bonchev–Trinajstić information content (AvgIpc) is 2.96. The van der Waals surface area contributed by atoms with E-state index in [1.54, 1.807) is 48.7 Å². The number of halogens is 1. The molecule has 0 aliphatic carbocycles. The molecule has 2 heterocycles. The standard InChI is InChI=1S/C22H23BrN2O4/c1-14(2)29-13-5-12-25-19(17-6-3-4-11-24-17)18(21(27)22(25)28)20(26)15-7-9-16(23)10-8-15/h3-4,6-11,14,19,26H,5,12-13H2,1-2H3/t19-/m0/s1. The van der Waals surface area contributed by atoms with E-state index < -0.39 is 17.7 Å². The van der Waals surface area contributed by atoms with Crippen LogP contribution in [0.2, 0.25) is 0 Å². The molecule has 0 saturated carbocycles. The fourth-order valence-electron chi connectivity index (χ4n) is 3.27. The van der Waals surface area contributed by atoms with Gasteiger partial charge >= 0.3 is 0 Å². The lowest BCUT2D eigenvalue weighted by atomic mass is 9.98. The van der Waals surface area contributed by atoms with Crippen molar-refractivity contribution in [1.29, 1.82) is 0 Å². The third kappa shape index (κ3) is 4.74. The zero-order valence-electron chi connectivity index (χ0n) is 16.3. The topological polar surface area (TPSA) is 79.7 Å². The summed E-state index contributed by atoms with van der Waals surface area (Å²) in [7, 11) is 0. The van der Waals surface area contributed by atoms with E-state index in [2.05, 4.69) is 20.9 Å². The van der Waals surface area contributed by atoms with E-state index in [-0.39, 0.29) is 17.4 Å². The number of aromatic nitrogens is 1. The highest BCUT2D eigenvalue weighted by Crippen LogP contribution is 2.38. The second-order valence-electron chi connectivity index (χ2n) is 7.03. The molecule has 3 rings (SSSR count). The van der Waals surface area contributed by atoms with Crippen molar-refractivity contribution in [3.05, 3.63) is 70.0 Å². The Balaban J connectivity index is 1.99. The molecule has 1 N–H and O–H groups in total. The number of rotatable bonds is 7. The first-order chi connectivity index (χ1) is 13.9. The van der Waals surface area contributed by atoms with Crippen LogP contribution in [-0.4, -0.2) is 45.9 Å². The minimum Gasteiger partial charge on any atom is -0.507 e. The second-order valence-corrected chi connectivity index (χ2v) is 7.94. The van der Waals surface area contributed by atoms with Crippen LogP contribution in [0.25, 0.3) is 5.76 Å². The molecule has 1 atom stereocenters. The van der Waals surface area contributed by atoms with E-state index in [1.807, 2.05) is 13.8 Å². The van der Waals surface area contributed by atoms with Crippen molar-refractivity contribution >= 4 is 33.4 Å². The number of aliphatic hydroxyl groups excluding tert-OH is 1. The average molecular weight is 459 g/mol. The van der Waals surface area contributed by atoms with E-state index in [1.165, 1.54) is 4.90 Å². The van der Waals surface area contributed by atoms with Crippen LogP contribution in [-0.2, 0) is 14.3 Å². The normalized spacial score (nSPS) is 18.6. The van der Waals surface area contributed by atoms with Gasteiger partial charge in [-0.1, -0.05) is 34.1 Å². The van der Waals surface area contributed by atoms with Gasteiger partial charge in [0.15, 0.2) is 0 Å². The van der Waals surface area contributed by atoms with Crippen LogP contribution < -0.4 is 0 Å². The number of ether oxygens (including phenoxy) is 1. The molecule has 1 fully saturated rings. The van der Waals surface area contributed by atoms with Crippen molar-refractivity contribution in [2.24, 2.45) is 0 Å². The van der Waals surface area contributed by atoms with Crippen LogP contribution in [0.1, 0.15) is 37.6 Å². The largest absolute Gasteiger partial charge is 0.507 e. The van der Waals surface area contributed by atoms with Crippen LogP contribution in [0.4, 0.5) is 0 Å². The van der Waals surface area contributed by atoms with Gasteiger partial charge in [0.25, 0.3) is 11.7 Å². The SMILES string of the molecule is CC(C)OCCCN1C(=O)C(=O)C(=C(O)c2ccc(Br)cc2)[C@@H]1c1ccccn1. The number of Topliss-reactive ketones (excluding diaryl/α,β-unsaturated/α-hetero) is 1. The van der Waals surface area contributed by atoms with Crippen LogP contribution in [0.5, 0.6) is 0 Å². The summed E-state index contributed by atoms with van der Waals surface area (Å²) in [6.45, 7) is 4.69. The molecule has 0 radical (unpaired) electrons. The van der Waals surface area contributed by atoms with Crippen LogP contribution >= 0.6 is 15.9 Å². The Morgan fingerprint density at radius 1 is 1.21 bits per heavy atom. The lowest BCUT2D eigenvalue weighted by molar-refractivity contribution is -0.140. The molecule has 0 spiro atoms. The number of carbonyl (C=O) groups excluding carboxylic acids is 2. The summed E-state index contributed by atoms with van der Waals surface area (Å²) in [4.78, 5) is 31.4. The molecule has 152 valence electrons. The number of hydrogen-bond donors (Lipinski definition) is 1. The van der Waals surface area contributed by atoms with E-state index in [0.717, 1.165) is 4.47 Å². The monoisotopic (exact) mass is 458 g/mol. The van der Waals surface area contributed by atoms with E-state index in [9.17, 15) is 14.7 Å². The van der Waals surface area contributed by atoms with Crippen molar-refractivity contribution < 1.29 is 19.4 Å². The fraction of sp³-hybridized carbons (Fsp3) is 0.318. The number of likely N-dealkylation sites (tertiary alicyclic amines) is 1. The Morgan fingerprint density at radius 2 is 1.93 bits per heavy atom. The van der Waals surface area contributed by atoms with Crippen molar-refractivity contribution in [2.45, 2.75) is 32.4 Å². The van der Waals surface area contributed by atoms with Gasteiger partial charge in [0, 0.05) is 29.4 Å². The van der Waals surface area contributed by atoms with Crippen LogP contribution in [0, 0.1) is 0 Å². The summed E-state index contributed by atoms with van der Waals surface area (Å²) in [5.41, 5.74) is 1.06. The van der Waals surface area contributed by atoms with Gasteiger partial charge in [0.05, 0.1) is 17.4 Å². The number of nitrogens with zero attached hydrogens (tertiary/aromatic N) is 2. The maximum absolute atomic E-state index is 12.8. The number of carbonyl (C=O) groups is 2. The highest BCUT2D eigenvalue weighted by atomic mass is 79.9. The molecule has 1 saturated heterocycles. The number of aliphatic hydroxyl groups is 1. The van der Waals surface area contributed by atoms with Crippen LogP contribution in [0.3, 0.4) is 0 Å². The van der Waals surface area contributed by atoms with E-state index in [0.29, 0.717) is 30.8 Å². The molecule has 1 aliphatic rings. The molecule has 29 heavy (non-hydrogen) atoms. The van der Waals surface area contributed by atoms with Gasteiger partial charge in [-0.3, -0.25) is 14.6 Å². The number of amides is 1. The molecular weight excluding hydrogens is 436 g/mol. The van der Waals surface area contributed by atoms with Crippen LogP contribution in [0.15, 0.2) is 58.7 Å². The summed E-state index contributed by atoms with van der Waals surface area (Å²) >= 11 is 3.35. The van der Waals surface area contributed by atoms with Crippen molar-refractivity contribution in [3.63, 3.8) is 0 Å². The number of benzene rings is 1. The number of pyridine rings is 1. The van der Waals surface area contributed by atoms with Crippen molar-refractivity contribution in [1.82, 2.24) is 9.88 Å². The molecule has 1 amide bonds. The Morgan fingerprint density at radius 3 is 2.55 bits per heavy atom. The van der Waals surface area contributed by atoms with Gasteiger partial charge in [-0.05, 0) is 44.5 Å². The summed E-state index contributed by atoms with van der Waals surface area (Å²) in [5, 5.41) is 10.9. The predicted octanol–water partition coefficient (Wildman–Crippen LogP) is 4.08.